The molecule has 2 rings (SSSR count). The van der Waals surface area contributed by atoms with Crippen LogP contribution in [0.2, 0.25) is 0 Å². The van der Waals surface area contributed by atoms with Crippen molar-refractivity contribution < 1.29 is 9.90 Å². The van der Waals surface area contributed by atoms with E-state index in [4.69, 9.17) is 0 Å². The summed E-state index contributed by atoms with van der Waals surface area (Å²) in [6.07, 6.45) is 0.716. The standard InChI is InChI=1S/C15H21N3O2S2/c1-10-11(2)22-13(18-10)6-7-16-14(19)17-9-15(3,20)12-5-4-8-21-12/h4-5,8,20H,6-7,9H2,1-3H3,(H2,16,17,19). The maximum absolute atomic E-state index is 11.8. The fraction of sp³-hybridized carbons (Fsp3) is 0.467. The average Bonchev–Trinajstić information content (AvgIpc) is 3.08. The Kier molecular flexibility index (Phi) is 5.55. The molecule has 0 aliphatic heterocycles. The molecular weight excluding hydrogens is 318 g/mol. The zero-order chi connectivity index (χ0) is 16.2. The molecule has 0 spiro atoms. The van der Waals surface area contributed by atoms with E-state index < -0.39 is 5.60 Å². The summed E-state index contributed by atoms with van der Waals surface area (Å²) in [5, 5.41) is 18.7. The van der Waals surface area contributed by atoms with Crippen LogP contribution in [0.25, 0.3) is 0 Å². The van der Waals surface area contributed by atoms with Crippen LogP contribution in [0.3, 0.4) is 0 Å². The van der Waals surface area contributed by atoms with Crippen molar-refractivity contribution in [1.82, 2.24) is 15.6 Å². The van der Waals surface area contributed by atoms with Gasteiger partial charge in [-0.1, -0.05) is 6.07 Å². The predicted octanol–water partition coefficient (Wildman–Crippen LogP) is 2.57. The minimum absolute atomic E-state index is 0.175. The summed E-state index contributed by atoms with van der Waals surface area (Å²) >= 11 is 3.13. The van der Waals surface area contributed by atoms with Crippen LogP contribution < -0.4 is 10.6 Å². The van der Waals surface area contributed by atoms with Gasteiger partial charge in [0.15, 0.2) is 0 Å². The first-order chi connectivity index (χ1) is 10.4. The van der Waals surface area contributed by atoms with E-state index in [1.807, 2.05) is 31.4 Å². The van der Waals surface area contributed by atoms with Crippen LogP contribution in [0, 0.1) is 13.8 Å². The van der Waals surface area contributed by atoms with Gasteiger partial charge in [-0.15, -0.1) is 22.7 Å². The summed E-state index contributed by atoms with van der Waals surface area (Å²) in [4.78, 5) is 18.3. The van der Waals surface area contributed by atoms with Gasteiger partial charge >= 0.3 is 6.03 Å². The second-order valence-electron chi connectivity index (χ2n) is 5.36. The number of urea groups is 1. The van der Waals surface area contributed by atoms with Crippen molar-refractivity contribution in [2.75, 3.05) is 13.1 Å². The molecule has 0 aliphatic carbocycles. The van der Waals surface area contributed by atoms with Crippen molar-refractivity contribution in [3.05, 3.63) is 38.0 Å². The van der Waals surface area contributed by atoms with Crippen molar-refractivity contribution in [2.45, 2.75) is 32.8 Å². The number of amides is 2. The molecule has 5 nitrogen and oxygen atoms in total. The van der Waals surface area contributed by atoms with E-state index in [1.165, 1.54) is 16.2 Å². The van der Waals surface area contributed by atoms with E-state index >= 15 is 0 Å². The molecule has 0 saturated heterocycles. The second kappa shape index (κ2) is 7.21. The maximum atomic E-state index is 11.8. The van der Waals surface area contributed by atoms with Gasteiger partial charge < -0.3 is 15.7 Å². The lowest BCUT2D eigenvalue weighted by molar-refractivity contribution is 0.0631. The highest BCUT2D eigenvalue weighted by Crippen LogP contribution is 2.24. The van der Waals surface area contributed by atoms with Gasteiger partial charge in [-0.3, -0.25) is 0 Å². The molecule has 1 atom stereocenters. The van der Waals surface area contributed by atoms with Gasteiger partial charge in [0.1, 0.15) is 5.60 Å². The van der Waals surface area contributed by atoms with E-state index in [2.05, 4.69) is 15.6 Å². The molecule has 1 unspecified atom stereocenters. The Morgan fingerprint density at radius 3 is 2.77 bits per heavy atom. The number of carbonyl (C=O) groups excluding carboxylic acids is 1. The predicted molar refractivity (Wildman–Crippen MR) is 90.6 cm³/mol. The van der Waals surface area contributed by atoms with Gasteiger partial charge in [-0.2, -0.15) is 0 Å². The molecule has 0 fully saturated rings. The number of aromatic nitrogens is 1. The van der Waals surface area contributed by atoms with E-state index in [-0.39, 0.29) is 12.6 Å². The van der Waals surface area contributed by atoms with Gasteiger partial charge in [0.25, 0.3) is 0 Å². The highest BCUT2D eigenvalue weighted by Gasteiger charge is 2.24. The van der Waals surface area contributed by atoms with Crippen molar-refractivity contribution in [2.24, 2.45) is 0 Å². The monoisotopic (exact) mass is 339 g/mol. The van der Waals surface area contributed by atoms with E-state index in [0.29, 0.717) is 13.0 Å². The lowest BCUT2D eigenvalue weighted by Gasteiger charge is -2.22. The first-order valence-electron chi connectivity index (χ1n) is 7.09. The first-order valence-corrected chi connectivity index (χ1v) is 8.79. The van der Waals surface area contributed by atoms with Gasteiger partial charge in [0, 0.05) is 22.7 Å². The van der Waals surface area contributed by atoms with Crippen LogP contribution in [0.15, 0.2) is 17.5 Å². The Balaban J connectivity index is 1.72. The summed E-state index contributed by atoms with van der Waals surface area (Å²) in [7, 11) is 0. The summed E-state index contributed by atoms with van der Waals surface area (Å²) in [5.41, 5.74) is 0.00568. The number of thiazole rings is 1. The minimum Gasteiger partial charge on any atom is -0.383 e. The number of aryl methyl sites for hydroxylation is 2. The van der Waals surface area contributed by atoms with E-state index in [1.54, 1.807) is 18.3 Å². The molecule has 2 heterocycles. The second-order valence-corrected chi connectivity index (χ2v) is 7.60. The molecule has 2 aromatic rings. The molecule has 2 aromatic heterocycles. The van der Waals surface area contributed by atoms with Crippen LogP contribution in [0.1, 0.15) is 27.4 Å². The quantitative estimate of drug-likeness (QED) is 0.757. The molecule has 2 amide bonds. The number of hydrogen-bond donors (Lipinski definition) is 3. The van der Waals surface area contributed by atoms with Gasteiger partial charge in [-0.25, -0.2) is 9.78 Å². The van der Waals surface area contributed by atoms with Crippen LogP contribution in [-0.4, -0.2) is 29.2 Å². The van der Waals surface area contributed by atoms with Crippen molar-refractivity contribution in [3.8, 4) is 0 Å². The fourth-order valence-electron chi connectivity index (χ4n) is 1.92. The van der Waals surface area contributed by atoms with Crippen molar-refractivity contribution in [3.63, 3.8) is 0 Å². The zero-order valence-electron chi connectivity index (χ0n) is 13.0. The van der Waals surface area contributed by atoms with Crippen LogP contribution in [0.5, 0.6) is 0 Å². The smallest absolute Gasteiger partial charge is 0.314 e. The summed E-state index contributed by atoms with van der Waals surface area (Å²) in [5.74, 6) is 0. The Labute approximate surface area is 138 Å². The maximum Gasteiger partial charge on any atom is 0.314 e. The molecule has 120 valence electrons. The average molecular weight is 339 g/mol. The number of hydrogen-bond acceptors (Lipinski definition) is 5. The molecule has 22 heavy (non-hydrogen) atoms. The molecule has 3 N–H and O–H groups in total. The normalized spacial score (nSPS) is 13.6. The third-order valence-corrected chi connectivity index (χ3v) is 5.60. The molecule has 0 bridgehead atoms. The van der Waals surface area contributed by atoms with Gasteiger partial charge in [0.2, 0.25) is 0 Å². The highest BCUT2D eigenvalue weighted by atomic mass is 32.1. The van der Waals surface area contributed by atoms with Gasteiger partial charge in [0.05, 0.1) is 17.2 Å². The van der Waals surface area contributed by atoms with Crippen LogP contribution >= 0.6 is 22.7 Å². The Bertz CT molecular complexity index is 601. The summed E-state index contributed by atoms with van der Waals surface area (Å²) < 4.78 is 0. The summed E-state index contributed by atoms with van der Waals surface area (Å²) in [6, 6.07) is 3.46. The Morgan fingerprint density at radius 2 is 2.18 bits per heavy atom. The van der Waals surface area contributed by atoms with Crippen molar-refractivity contribution in [1.29, 1.82) is 0 Å². The lowest BCUT2D eigenvalue weighted by Crippen LogP contribution is -2.43. The highest BCUT2D eigenvalue weighted by molar-refractivity contribution is 7.11. The molecule has 7 heteroatoms. The Morgan fingerprint density at radius 1 is 1.41 bits per heavy atom. The van der Waals surface area contributed by atoms with Gasteiger partial charge in [-0.05, 0) is 32.2 Å². The largest absolute Gasteiger partial charge is 0.383 e. The number of aliphatic hydroxyl groups is 1. The summed E-state index contributed by atoms with van der Waals surface area (Å²) in [6.45, 7) is 6.43. The number of thiophene rings is 1. The molecule has 0 aliphatic rings. The molecule has 0 radical (unpaired) electrons. The Hall–Kier alpha value is -1.44. The SMILES string of the molecule is Cc1nc(CCNC(=O)NCC(C)(O)c2cccs2)sc1C. The first kappa shape index (κ1) is 16.9. The minimum atomic E-state index is -1.05. The molecular formula is C15H21N3O2S2. The number of carbonyl (C=O) groups is 1. The zero-order valence-corrected chi connectivity index (χ0v) is 14.6. The van der Waals surface area contributed by atoms with Crippen LogP contribution in [-0.2, 0) is 12.0 Å². The topological polar surface area (TPSA) is 74.2 Å². The van der Waals surface area contributed by atoms with E-state index in [9.17, 15) is 9.90 Å². The van der Waals surface area contributed by atoms with E-state index in [0.717, 1.165) is 15.6 Å². The molecule has 0 saturated carbocycles. The molecule has 0 aromatic carbocycles. The third kappa shape index (κ3) is 4.53. The number of nitrogens with zero attached hydrogens (tertiary/aromatic N) is 1. The fourth-order valence-corrected chi connectivity index (χ4v) is 3.64. The number of nitrogens with one attached hydrogen (secondary N) is 2. The third-order valence-electron chi connectivity index (χ3n) is 3.34. The number of rotatable bonds is 6. The van der Waals surface area contributed by atoms with Crippen molar-refractivity contribution >= 4 is 28.7 Å². The lowest BCUT2D eigenvalue weighted by atomic mass is 10.1. The van der Waals surface area contributed by atoms with Crippen LogP contribution in [0.4, 0.5) is 4.79 Å².